The summed E-state index contributed by atoms with van der Waals surface area (Å²) in [4.78, 5) is 15.4. The van der Waals surface area contributed by atoms with Crippen molar-refractivity contribution in [2.45, 2.75) is 103 Å². The van der Waals surface area contributed by atoms with Gasteiger partial charge in [0.2, 0.25) is 5.69 Å². The highest BCUT2D eigenvalue weighted by atomic mass is 79.9. The summed E-state index contributed by atoms with van der Waals surface area (Å²) < 4.78 is 42.9. The Balaban J connectivity index is 1.60. The molecule has 0 saturated carbocycles. The number of anilines is 1. The standard InChI is InChI=1S/C41H51BrN2O5S/c1-8-11-23-43-34-16-14-13-15-32(34)40(4,5)36(43)21-17-28-25-30(39(45)49-10-3)26-29(38(28)42)18-22-37-41(6,7)33-27-31(50(46,47)48)19-20-35(33)44(37)24-12-9-2/h13-22,27,30H,8-12,23-26H2,1-7H3/p+1. The maximum atomic E-state index is 13.3. The summed E-state index contributed by atoms with van der Waals surface area (Å²) in [5.74, 6) is -0.517. The van der Waals surface area contributed by atoms with E-state index in [2.05, 4.69) is 116 Å². The molecule has 0 radical (unpaired) electrons. The second kappa shape index (κ2) is 15.1. The molecule has 0 spiro atoms. The van der Waals surface area contributed by atoms with Crippen molar-refractivity contribution in [2.24, 2.45) is 5.92 Å². The molecule has 2 aromatic carbocycles. The molecule has 1 aliphatic carbocycles. The second-order valence-corrected chi connectivity index (χ2v) is 16.8. The van der Waals surface area contributed by atoms with Crippen LogP contribution in [0.4, 0.5) is 11.4 Å². The van der Waals surface area contributed by atoms with Crippen molar-refractivity contribution in [3.63, 3.8) is 0 Å². The molecule has 0 amide bonds. The van der Waals surface area contributed by atoms with Crippen LogP contribution in [0.5, 0.6) is 0 Å². The minimum atomic E-state index is -4.35. The van der Waals surface area contributed by atoms with Gasteiger partial charge in [-0.2, -0.15) is 13.0 Å². The minimum absolute atomic E-state index is 0.106. The lowest BCUT2D eigenvalue weighted by atomic mass is 9.80. The van der Waals surface area contributed by atoms with E-state index in [1.54, 1.807) is 12.1 Å². The summed E-state index contributed by atoms with van der Waals surface area (Å²) in [6.07, 6.45) is 13.9. The first kappa shape index (κ1) is 38.0. The Kier molecular flexibility index (Phi) is 11.5. The van der Waals surface area contributed by atoms with Crippen LogP contribution in [-0.2, 0) is 30.5 Å². The summed E-state index contributed by atoms with van der Waals surface area (Å²) in [7, 11) is -4.35. The molecule has 5 rings (SSSR count). The van der Waals surface area contributed by atoms with Crippen molar-refractivity contribution < 1.29 is 27.1 Å². The topological polar surface area (TPSA) is 86.9 Å². The van der Waals surface area contributed by atoms with Gasteiger partial charge in [0, 0.05) is 52.0 Å². The molecule has 0 saturated heterocycles. The molecular formula is C41H52BrN2O5S+. The number of fused-ring (bicyclic) bond motifs is 2. The fourth-order valence-electron chi connectivity index (χ4n) is 7.63. The van der Waals surface area contributed by atoms with Crippen molar-refractivity contribution in [2.75, 3.05) is 24.6 Å². The van der Waals surface area contributed by atoms with Gasteiger partial charge < -0.3 is 9.64 Å². The predicted molar refractivity (Wildman–Crippen MR) is 206 cm³/mol. The molecule has 0 bridgehead atoms. The molecule has 2 heterocycles. The lowest BCUT2D eigenvalue weighted by Gasteiger charge is -2.28. The van der Waals surface area contributed by atoms with Gasteiger partial charge in [0.1, 0.15) is 6.54 Å². The fourth-order valence-corrected chi connectivity index (χ4v) is 8.72. The van der Waals surface area contributed by atoms with E-state index in [0.717, 1.165) is 71.3 Å². The number of hydrogen-bond acceptors (Lipinski definition) is 5. The number of ether oxygens (including phenoxy) is 1. The highest BCUT2D eigenvalue weighted by Gasteiger charge is 2.44. The Hall–Kier alpha value is -3.27. The van der Waals surface area contributed by atoms with Crippen molar-refractivity contribution in [3.05, 3.63) is 99.2 Å². The van der Waals surface area contributed by atoms with Crippen LogP contribution in [0.1, 0.15) is 98.1 Å². The quantitative estimate of drug-likeness (QED) is 0.132. The van der Waals surface area contributed by atoms with Gasteiger partial charge >= 0.3 is 5.97 Å². The number of allylic oxidation sites excluding steroid dienone is 8. The first-order valence-electron chi connectivity index (χ1n) is 18.0. The molecule has 50 heavy (non-hydrogen) atoms. The van der Waals surface area contributed by atoms with Crippen molar-refractivity contribution >= 4 is 49.1 Å². The predicted octanol–water partition coefficient (Wildman–Crippen LogP) is 9.70. The average molecular weight is 765 g/mol. The van der Waals surface area contributed by atoms with Crippen LogP contribution < -0.4 is 4.90 Å². The Morgan fingerprint density at radius 2 is 1.70 bits per heavy atom. The number of hydrogen-bond donors (Lipinski definition) is 1. The van der Waals surface area contributed by atoms with E-state index in [4.69, 9.17) is 4.74 Å². The van der Waals surface area contributed by atoms with Crippen LogP contribution >= 0.6 is 15.9 Å². The SMILES string of the molecule is CCCCN1/C(=C/C=C2\CC(C(=O)OCC)CC(/C=C/C3=[N+](CCCC)c4ccccc4C3(C)C)=C2Br)C(C)(C)c2cc(S(=O)(=O)O)ccc21. The molecule has 0 aromatic heterocycles. The van der Waals surface area contributed by atoms with Gasteiger partial charge in [0.25, 0.3) is 10.1 Å². The molecule has 1 N–H and O–H groups in total. The zero-order valence-electron chi connectivity index (χ0n) is 30.6. The average Bonchev–Trinajstić information content (AvgIpc) is 3.42. The minimum Gasteiger partial charge on any atom is -0.466 e. The van der Waals surface area contributed by atoms with E-state index in [9.17, 15) is 17.8 Å². The van der Waals surface area contributed by atoms with E-state index in [0.29, 0.717) is 19.4 Å². The third-order valence-electron chi connectivity index (χ3n) is 10.4. The number of benzene rings is 2. The highest BCUT2D eigenvalue weighted by molar-refractivity contribution is 9.12. The van der Waals surface area contributed by atoms with Gasteiger partial charge in [-0.05, 0) is 81.0 Å². The van der Waals surface area contributed by atoms with Gasteiger partial charge in [0.05, 0.1) is 22.8 Å². The molecule has 0 fully saturated rings. The Morgan fingerprint density at radius 1 is 0.980 bits per heavy atom. The summed E-state index contributed by atoms with van der Waals surface area (Å²) in [5, 5.41) is 0. The summed E-state index contributed by atoms with van der Waals surface area (Å²) in [6.45, 7) is 17.0. The Morgan fingerprint density at radius 3 is 2.38 bits per heavy atom. The molecule has 1 atom stereocenters. The second-order valence-electron chi connectivity index (χ2n) is 14.6. The zero-order valence-corrected chi connectivity index (χ0v) is 33.0. The first-order valence-corrected chi connectivity index (χ1v) is 20.2. The number of esters is 1. The van der Waals surface area contributed by atoms with Gasteiger partial charge in [-0.1, -0.05) is 86.8 Å². The maximum Gasteiger partial charge on any atom is 0.309 e. The molecule has 3 aliphatic rings. The van der Waals surface area contributed by atoms with E-state index in [-0.39, 0.29) is 22.2 Å². The highest BCUT2D eigenvalue weighted by Crippen LogP contribution is 2.49. The number of halogens is 1. The number of nitrogens with zero attached hydrogens (tertiary/aromatic N) is 2. The van der Waals surface area contributed by atoms with Crippen LogP contribution in [-0.4, -0.2) is 48.9 Å². The largest absolute Gasteiger partial charge is 0.466 e. The number of carbonyl (C=O) groups is 1. The van der Waals surface area contributed by atoms with E-state index in [1.165, 1.54) is 23.0 Å². The zero-order chi connectivity index (χ0) is 36.4. The number of para-hydroxylation sites is 1. The molecule has 1 unspecified atom stereocenters. The molecule has 2 aromatic rings. The van der Waals surface area contributed by atoms with Crippen molar-refractivity contribution in [3.8, 4) is 0 Å². The monoisotopic (exact) mass is 763 g/mol. The third kappa shape index (κ3) is 7.37. The molecule has 2 aliphatic heterocycles. The summed E-state index contributed by atoms with van der Waals surface area (Å²) in [6, 6.07) is 13.5. The van der Waals surface area contributed by atoms with E-state index >= 15 is 0 Å². The van der Waals surface area contributed by atoms with Gasteiger partial charge in [0.15, 0.2) is 5.71 Å². The first-order chi connectivity index (χ1) is 23.7. The van der Waals surface area contributed by atoms with Crippen LogP contribution in [0.15, 0.2) is 93.0 Å². The maximum absolute atomic E-state index is 13.3. The normalized spacial score (nSPS) is 21.5. The van der Waals surface area contributed by atoms with Gasteiger partial charge in [-0.15, -0.1) is 0 Å². The lowest BCUT2D eigenvalue weighted by Crippen LogP contribution is -2.28. The van der Waals surface area contributed by atoms with E-state index < -0.39 is 15.5 Å². The van der Waals surface area contributed by atoms with Crippen LogP contribution in [0, 0.1) is 5.92 Å². The van der Waals surface area contributed by atoms with Crippen molar-refractivity contribution in [1.82, 2.24) is 0 Å². The summed E-state index contributed by atoms with van der Waals surface area (Å²) >= 11 is 3.96. The Bertz CT molecular complexity index is 1920. The number of rotatable bonds is 12. The summed E-state index contributed by atoms with van der Waals surface area (Å²) in [5.41, 5.74) is 7.99. The van der Waals surface area contributed by atoms with Crippen LogP contribution in [0.2, 0.25) is 0 Å². The number of unbranched alkanes of at least 4 members (excludes halogenated alkanes) is 2. The molecule has 9 heteroatoms. The van der Waals surface area contributed by atoms with Gasteiger partial charge in [-0.25, -0.2) is 0 Å². The molecular weight excluding hydrogens is 712 g/mol. The van der Waals surface area contributed by atoms with Gasteiger partial charge in [-0.3, -0.25) is 9.35 Å². The van der Waals surface area contributed by atoms with E-state index in [1.807, 2.05) is 6.92 Å². The molecule has 7 nitrogen and oxygen atoms in total. The lowest BCUT2D eigenvalue weighted by molar-refractivity contribution is -0.438. The Labute approximate surface area is 307 Å². The third-order valence-corrected chi connectivity index (χ3v) is 12.3. The van der Waals surface area contributed by atoms with Crippen LogP contribution in [0.3, 0.4) is 0 Å². The van der Waals surface area contributed by atoms with Crippen molar-refractivity contribution in [1.29, 1.82) is 0 Å². The molecule has 268 valence electrons. The smallest absolute Gasteiger partial charge is 0.309 e. The number of carbonyl (C=O) groups excluding carboxylic acids is 1. The fraction of sp³-hybridized carbons (Fsp3) is 0.463. The van der Waals surface area contributed by atoms with Crippen LogP contribution in [0.25, 0.3) is 0 Å².